The number of anilines is 1. The first-order chi connectivity index (χ1) is 13.8. The highest BCUT2D eigenvalue weighted by atomic mass is 16.6. The number of nitrogens with one attached hydrogen (secondary N) is 1. The van der Waals surface area contributed by atoms with Crippen molar-refractivity contribution in [2.24, 2.45) is 7.05 Å². The third-order valence-electron chi connectivity index (χ3n) is 3.96. The number of carboxylic acid groups (broad SMARTS) is 1. The lowest BCUT2D eigenvalue weighted by Crippen LogP contribution is -2.15. The molecule has 1 aromatic carbocycles. The maximum atomic E-state index is 12.3. The molecule has 0 atom stereocenters. The molecule has 2 aromatic heterocycles. The molecule has 11 nitrogen and oxygen atoms in total. The first-order valence-electron chi connectivity index (χ1n) is 8.29. The van der Waals surface area contributed by atoms with Crippen LogP contribution in [0.1, 0.15) is 32.4 Å². The van der Waals surface area contributed by atoms with Gasteiger partial charge in [-0.05, 0) is 30.7 Å². The molecule has 2 heterocycles. The van der Waals surface area contributed by atoms with Gasteiger partial charge in [0.05, 0.1) is 16.8 Å². The van der Waals surface area contributed by atoms with Crippen LogP contribution >= 0.6 is 0 Å². The summed E-state index contributed by atoms with van der Waals surface area (Å²) in [6.07, 6.45) is 1.21. The van der Waals surface area contributed by atoms with E-state index in [-0.39, 0.29) is 40.9 Å². The first-order valence-corrected chi connectivity index (χ1v) is 8.29. The summed E-state index contributed by atoms with van der Waals surface area (Å²) in [6, 6.07) is 7.42. The van der Waals surface area contributed by atoms with Gasteiger partial charge in [-0.2, -0.15) is 5.10 Å². The van der Waals surface area contributed by atoms with Gasteiger partial charge >= 0.3 is 11.7 Å². The number of carbonyl (C=O) groups excluding carboxylic acids is 1. The smallest absolute Gasteiger partial charge is 0.356 e. The molecule has 0 saturated carbocycles. The van der Waals surface area contributed by atoms with Crippen molar-refractivity contribution in [3.63, 3.8) is 0 Å². The number of furan rings is 1. The number of carboxylic acids is 1. The number of benzene rings is 1. The Labute approximate surface area is 163 Å². The summed E-state index contributed by atoms with van der Waals surface area (Å²) >= 11 is 0. The second kappa shape index (κ2) is 7.84. The van der Waals surface area contributed by atoms with E-state index < -0.39 is 16.8 Å². The topological polar surface area (TPSA) is 150 Å². The summed E-state index contributed by atoms with van der Waals surface area (Å²) in [7, 11) is 1.44. The number of ether oxygens (including phenoxy) is 1. The number of aromatic carboxylic acids is 1. The summed E-state index contributed by atoms with van der Waals surface area (Å²) in [4.78, 5) is 34.1. The van der Waals surface area contributed by atoms with Gasteiger partial charge in [-0.1, -0.05) is 6.07 Å². The largest absolute Gasteiger partial charge is 0.479 e. The minimum absolute atomic E-state index is 0.0227. The second-order valence-corrected chi connectivity index (χ2v) is 6.07. The Morgan fingerprint density at radius 1 is 1.34 bits per heavy atom. The lowest BCUT2D eigenvalue weighted by molar-refractivity contribution is -0.386. The van der Waals surface area contributed by atoms with Crippen LogP contribution in [0.5, 0.6) is 5.75 Å². The number of carbonyl (C=O) groups is 2. The molecular formula is C18H16N4O7. The third kappa shape index (κ3) is 4.24. The Morgan fingerprint density at radius 2 is 2.10 bits per heavy atom. The van der Waals surface area contributed by atoms with Gasteiger partial charge < -0.3 is 19.6 Å². The van der Waals surface area contributed by atoms with E-state index in [1.54, 1.807) is 13.0 Å². The van der Waals surface area contributed by atoms with Crippen LogP contribution in [0.4, 0.5) is 11.4 Å². The van der Waals surface area contributed by atoms with E-state index in [1.807, 2.05) is 0 Å². The van der Waals surface area contributed by atoms with E-state index in [9.17, 15) is 24.8 Å². The Morgan fingerprint density at radius 3 is 2.79 bits per heavy atom. The Kier molecular flexibility index (Phi) is 5.30. The molecule has 0 bridgehead atoms. The lowest BCUT2D eigenvalue weighted by atomic mass is 10.2. The highest BCUT2D eigenvalue weighted by Crippen LogP contribution is 2.28. The number of amides is 1. The van der Waals surface area contributed by atoms with Gasteiger partial charge in [0, 0.05) is 13.1 Å². The average molecular weight is 400 g/mol. The molecule has 1 amide bonds. The van der Waals surface area contributed by atoms with Crippen LogP contribution in [-0.4, -0.2) is 31.7 Å². The van der Waals surface area contributed by atoms with E-state index in [1.165, 1.54) is 37.5 Å². The van der Waals surface area contributed by atoms with Crippen molar-refractivity contribution in [3.05, 3.63) is 69.4 Å². The molecule has 0 aliphatic carbocycles. The zero-order valence-corrected chi connectivity index (χ0v) is 15.4. The molecule has 3 rings (SSSR count). The van der Waals surface area contributed by atoms with Crippen LogP contribution in [-0.2, 0) is 13.7 Å². The standard InChI is InChI=1S/C18H16N4O7/c1-10-3-5-14(13(7-10)22(26)27)28-9-11-4-6-15(29-11)17(23)20-12-8-19-21(2)16(12)18(24)25/h3-8H,9H2,1-2H3,(H,20,23)(H,24,25). The van der Waals surface area contributed by atoms with Gasteiger partial charge in [0.1, 0.15) is 12.4 Å². The summed E-state index contributed by atoms with van der Waals surface area (Å²) in [5.74, 6) is -1.66. The number of nitrogens with zero attached hydrogens (tertiary/aromatic N) is 3. The van der Waals surface area contributed by atoms with Crippen molar-refractivity contribution < 1.29 is 28.8 Å². The average Bonchev–Trinajstić information content (AvgIpc) is 3.27. The molecule has 2 N–H and O–H groups in total. The maximum Gasteiger partial charge on any atom is 0.356 e. The van der Waals surface area contributed by atoms with E-state index in [0.717, 1.165) is 10.2 Å². The van der Waals surface area contributed by atoms with Crippen LogP contribution in [0, 0.1) is 17.0 Å². The number of hydrogen-bond donors (Lipinski definition) is 2. The Balaban J connectivity index is 1.69. The molecule has 29 heavy (non-hydrogen) atoms. The van der Waals surface area contributed by atoms with Crippen molar-refractivity contribution in [2.45, 2.75) is 13.5 Å². The number of aryl methyl sites for hydroxylation is 2. The van der Waals surface area contributed by atoms with Crippen molar-refractivity contribution >= 4 is 23.3 Å². The predicted molar refractivity (Wildman–Crippen MR) is 99.0 cm³/mol. The number of rotatable bonds is 7. The molecule has 150 valence electrons. The van der Waals surface area contributed by atoms with Crippen molar-refractivity contribution in [1.82, 2.24) is 9.78 Å². The van der Waals surface area contributed by atoms with Gasteiger partial charge in [0.15, 0.2) is 17.2 Å². The van der Waals surface area contributed by atoms with E-state index >= 15 is 0 Å². The maximum absolute atomic E-state index is 12.3. The molecule has 0 aliphatic rings. The van der Waals surface area contributed by atoms with Crippen LogP contribution in [0.25, 0.3) is 0 Å². The lowest BCUT2D eigenvalue weighted by Gasteiger charge is -2.06. The van der Waals surface area contributed by atoms with Gasteiger partial charge in [0.25, 0.3) is 5.91 Å². The Hall–Kier alpha value is -4.15. The molecular weight excluding hydrogens is 384 g/mol. The van der Waals surface area contributed by atoms with E-state index in [2.05, 4.69) is 10.4 Å². The van der Waals surface area contributed by atoms with E-state index in [0.29, 0.717) is 0 Å². The van der Waals surface area contributed by atoms with E-state index in [4.69, 9.17) is 9.15 Å². The predicted octanol–water partition coefficient (Wildman–Crippen LogP) is 2.76. The molecule has 0 saturated heterocycles. The van der Waals surface area contributed by atoms with Crippen LogP contribution in [0.3, 0.4) is 0 Å². The molecule has 0 fully saturated rings. The number of aromatic nitrogens is 2. The van der Waals surface area contributed by atoms with Gasteiger partial charge in [-0.3, -0.25) is 19.6 Å². The highest BCUT2D eigenvalue weighted by Gasteiger charge is 2.20. The van der Waals surface area contributed by atoms with Crippen molar-refractivity contribution in [1.29, 1.82) is 0 Å². The quantitative estimate of drug-likeness (QED) is 0.454. The summed E-state index contributed by atoms with van der Waals surface area (Å²) in [6.45, 7) is 1.59. The minimum atomic E-state index is -1.24. The fourth-order valence-electron chi connectivity index (χ4n) is 2.59. The van der Waals surface area contributed by atoms with Crippen LogP contribution in [0.2, 0.25) is 0 Å². The first kappa shape index (κ1) is 19.6. The van der Waals surface area contributed by atoms with Gasteiger partial charge in [-0.25, -0.2) is 4.79 Å². The fraction of sp³-hybridized carbons (Fsp3) is 0.167. The number of nitro benzene ring substituents is 1. The summed E-state index contributed by atoms with van der Waals surface area (Å²) in [5, 5.41) is 26.5. The summed E-state index contributed by atoms with van der Waals surface area (Å²) in [5.41, 5.74) is 0.388. The monoisotopic (exact) mass is 400 g/mol. The normalized spacial score (nSPS) is 10.6. The highest BCUT2D eigenvalue weighted by molar-refractivity contribution is 6.05. The van der Waals surface area contributed by atoms with Gasteiger partial charge in [0.2, 0.25) is 0 Å². The Bertz CT molecular complexity index is 1100. The SMILES string of the molecule is Cc1ccc(OCc2ccc(C(=O)Nc3cnn(C)c3C(=O)O)o2)c([N+](=O)[O-])c1. The molecule has 0 radical (unpaired) electrons. The molecule has 3 aromatic rings. The molecule has 0 unspecified atom stereocenters. The van der Waals surface area contributed by atoms with Gasteiger partial charge in [-0.15, -0.1) is 0 Å². The fourth-order valence-corrected chi connectivity index (χ4v) is 2.59. The summed E-state index contributed by atoms with van der Waals surface area (Å²) < 4.78 is 12.0. The third-order valence-corrected chi connectivity index (χ3v) is 3.96. The zero-order valence-electron chi connectivity index (χ0n) is 15.4. The molecule has 0 aliphatic heterocycles. The van der Waals surface area contributed by atoms with Crippen LogP contribution < -0.4 is 10.1 Å². The number of hydrogen-bond acceptors (Lipinski definition) is 7. The van der Waals surface area contributed by atoms with Crippen molar-refractivity contribution in [2.75, 3.05) is 5.32 Å². The van der Waals surface area contributed by atoms with Crippen molar-refractivity contribution in [3.8, 4) is 5.75 Å². The molecule has 11 heteroatoms. The minimum Gasteiger partial charge on any atom is -0.479 e. The van der Waals surface area contributed by atoms with Crippen LogP contribution in [0.15, 0.2) is 40.9 Å². The second-order valence-electron chi connectivity index (χ2n) is 6.07. The number of nitro groups is 1. The molecule has 0 spiro atoms. The zero-order chi connectivity index (χ0) is 21.1.